The van der Waals surface area contributed by atoms with Crippen molar-refractivity contribution in [3.63, 3.8) is 0 Å². The van der Waals surface area contributed by atoms with Gasteiger partial charge in [-0.2, -0.15) is 0 Å². The molecular formula is C35H33N3O3S. The summed E-state index contributed by atoms with van der Waals surface area (Å²) in [6.07, 6.45) is 3.56. The smallest absolute Gasteiger partial charge is 0.266 e. The number of para-hydroxylation sites is 1. The molecule has 5 rings (SSSR count). The van der Waals surface area contributed by atoms with Gasteiger partial charge in [0.2, 0.25) is 0 Å². The number of ether oxygens (including phenoxy) is 1. The number of hydrogen-bond donors (Lipinski definition) is 1. The van der Waals surface area contributed by atoms with Crippen LogP contribution in [-0.4, -0.2) is 35.0 Å². The monoisotopic (exact) mass is 575 g/mol. The molecule has 0 radical (unpaired) electrons. The van der Waals surface area contributed by atoms with Crippen LogP contribution in [0.1, 0.15) is 28.7 Å². The highest BCUT2D eigenvalue weighted by Gasteiger charge is 2.33. The molecule has 0 spiro atoms. The number of amidine groups is 1. The summed E-state index contributed by atoms with van der Waals surface area (Å²) >= 11 is 1.37. The third-order valence-electron chi connectivity index (χ3n) is 6.88. The van der Waals surface area contributed by atoms with Crippen LogP contribution in [0.2, 0.25) is 0 Å². The molecule has 0 aliphatic carbocycles. The third kappa shape index (κ3) is 7.77. The van der Waals surface area contributed by atoms with Crippen molar-refractivity contribution in [3.8, 4) is 5.75 Å². The molecule has 212 valence electrons. The van der Waals surface area contributed by atoms with Crippen LogP contribution >= 0.6 is 11.8 Å². The van der Waals surface area contributed by atoms with E-state index < -0.39 is 0 Å². The zero-order valence-corrected chi connectivity index (χ0v) is 24.6. The van der Waals surface area contributed by atoms with Crippen molar-refractivity contribution in [1.82, 2.24) is 4.90 Å². The van der Waals surface area contributed by atoms with Gasteiger partial charge < -0.3 is 10.1 Å². The highest BCUT2D eigenvalue weighted by molar-refractivity contribution is 8.18. The Balaban J connectivity index is 1.27. The van der Waals surface area contributed by atoms with E-state index in [2.05, 4.69) is 17.4 Å². The normalized spacial score (nSPS) is 14.9. The minimum Gasteiger partial charge on any atom is -0.484 e. The van der Waals surface area contributed by atoms with E-state index >= 15 is 0 Å². The molecule has 0 bridgehead atoms. The van der Waals surface area contributed by atoms with Gasteiger partial charge in [-0.25, -0.2) is 4.99 Å². The molecule has 0 aromatic heterocycles. The fourth-order valence-corrected chi connectivity index (χ4v) is 5.52. The van der Waals surface area contributed by atoms with Gasteiger partial charge in [0.25, 0.3) is 11.8 Å². The van der Waals surface area contributed by atoms with Crippen LogP contribution in [-0.2, 0) is 16.0 Å². The second-order valence-electron chi connectivity index (χ2n) is 10.1. The molecule has 42 heavy (non-hydrogen) atoms. The summed E-state index contributed by atoms with van der Waals surface area (Å²) < 4.78 is 5.78. The van der Waals surface area contributed by atoms with E-state index in [9.17, 15) is 9.59 Å². The zero-order valence-electron chi connectivity index (χ0n) is 23.7. The van der Waals surface area contributed by atoms with Crippen molar-refractivity contribution in [2.75, 3.05) is 18.5 Å². The molecule has 1 saturated heterocycles. The number of rotatable bonds is 10. The fourth-order valence-electron chi connectivity index (χ4n) is 4.50. The van der Waals surface area contributed by atoms with Crippen molar-refractivity contribution in [3.05, 3.63) is 130 Å². The number of nitrogens with one attached hydrogen (secondary N) is 1. The highest BCUT2D eigenvalue weighted by atomic mass is 32.2. The first-order valence-corrected chi connectivity index (χ1v) is 14.8. The Morgan fingerprint density at radius 1 is 0.905 bits per heavy atom. The van der Waals surface area contributed by atoms with Crippen LogP contribution in [0.15, 0.2) is 113 Å². The van der Waals surface area contributed by atoms with Gasteiger partial charge in [-0.15, -0.1) is 0 Å². The fraction of sp³-hybridized carbons (Fsp3) is 0.171. The van der Waals surface area contributed by atoms with Crippen molar-refractivity contribution in [2.24, 2.45) is 4.99 Å². The number of carbonyl (C=O) groups excluding carboxylic acids is 2. The summed E-state index contributed by atoms with van der Waals surface area (Å²) in [7, 11) is 0. The molecule has 0 atom stereocenters. The molecule has 1 heterocycles. The van der Waals surface area contributed by atoms with Gasteiger partial charge in [0, 0.05) is 12.2 Å². The van der Waals surface area contributed by atoms with Gasteiger partial charge in [0.15, 0.2) is 11.8 Å². The van der Waals surface area contributed by atoms with Crippen LogP contribution in [0.4, 0.5) is 11.4 Å². The van der Waals surface area contributed by atoms with Crippen molar-refractivity contribution in [2.45, 2.75) is 26.7 Å². The molecule has 0 saturated carbocycles. The summed E-state index contributed by atoms with van der Waals surface area (Å²) in [4.78, 5) is 33.2. The topological polar surface area (TPSA) is 71.0 Å². The Morgan fingerprint density at radius 2 is 1.67 bits per heavy atom. The van der Waals surface area contributed by atoms with Crippen LogP contribution in [0.3, 0.4) is 0 Å². The zero-order chi connectivity index (χ0) is 29.3. The first-order valence-electron chi connectivity index (χ1n) is 13.9. The van der Waals surface area contributed by atoms with E-state index in [0.717, 1.165) is 35.3 Å². The molecule has 1 aliphatic heterocycles. The van der Waals surface area contributed by atoms with Gasteiger partial charge in [0.05, 0.1) is 10.6 Å². The maximum absolute atomic E-state index is 13.5. The maximum Gasteiger partial charge on any atom is 0.266 e. The largest absolute Gasteiger partial charge is 0.484 e. The number of anilines is 1. The molecule has 4 aromatic carbocycles. The lowest BCUT2D eigenvalue weighted by Gasteiger charge is -2.15. The number of nitrogens with zero attached hydrogens (tertiary/aromatic N) is 2. The molecule has 7 heteroatoms. The van der Waals surface area contributed by atoms with Gasteiger partial charge in [-0.1, -0.05) is 66.7 Å². The van der Waals surface area contributed by atoms with Crippen LogP contribution in [0, 0.1) is 13.8 Å². The highest BCUT2D eigenvalue weighted by Crippen LogP contribution is 2.34. The van der Waals surface area contributed by atoms with Crippen molar-refractivity contribution >= 4 is 46.2 Å². The molecule has 1 N–H and O–H groups in total. The first-order chi connectivity index (χ1) is 20.4. The second kappa shape index (κ2) is 13.8. The minimum absolute atomic E-state index is 0.0677. The average molecular weight is 576 g/mol. The Labute approximate surface area is 251 Å². The third-order valence-corrected chi connectivity index (χ3v) is 7.88. The number of carbonyl (C=O) groups is 2. The minimum atomic E-state index is -0.239. The van der Waals surface area contributed by atoms with Crippen LogP contribution < -0.4 is 10.1 Å². The van der Waals surface area contributed by atoms with Gasteiger partial charge in [-0.05, 0) is 103 Å². The lowest BCUT2D eigenvalue weighted by Crippen LogP contribution is -2.30. The van der Waals surface area contributed by atoms with Crippen molar-refractivity contribution in [1.29, 1.82) is 0 Å². The van der Waals surface area contributed by atoms with E-state index in [1.54, 1.807) is 11.0 Å². The summed E-state index contributed by atoms with van der Waals surface area (Å²) in [6, 6.07) is 33.1. The Bertz CT molecular complexity index is 1620. The Kier molecular flexibility index (Phi) is 9.51. The first kappa shape index (κ1) is 28.9. The number of aliphatic imine (C=N–C) groups is 1. The number of benzene rings is 4. The maximum atomic E-state index is 13.5. The number of aryl methyl sites for hydroxylation is 3. The SMILES string of the molecule is Cc1ccc(NC(=O)COc2cccc(/C=C3\SC(=Nc4ccccc4)N(CCCc4ccccc4)C3=O)c2)cc1C. The Morgan fingerprint density at radius 3 is 2.43 bits per heavy atom. The molecule has 1 aliphatic rings. The molecule has 0 unspecified atom stereocenters. The molecular weight excluding hydrogens is 542 g/mol. The van der Waals surface area contributed by atoms with E-state index in [1.165, 1.54) is 22.9 Å². The predicted octanol–water partition coefficient (Wildman–Crippen LogP) is 7.56. The standard InChI is InChI=1S/C35H33N3O3S/c1-25-18-19-30(21-26(25)2)36-33(39)24-41-31-17-9-13-28(22-31)23-32-34(40)38(20-10-14-27-11-5-3-6-12-27)35(42-32)37-29-15-7-4-8-16-29/h3-9,11-13,15-19,21-23H,10,14,20,24H2,1-2H3,(H,36,39)/b32-23-,37-35?. The molecule has 1 fully saturated rings. The molecule has 2 amide bonds. The number of amides is 2. The van der Waals surface area contributed by atoms with Crippen molar-refractivity contribution < 1.29 is 14.3 Å². The van der Waals surface area contributed by atoms with E-state index in [0.29, 0.717) is 22.4 Å². The lowest BCUT2D eigenvalue weighted by molar-refractivity contribution is -0.122. The quantitative estimate of drug-likeness (QED) is 0.198. The van der Waals surface area contributed by atoms with Crippen LogP contribution in [0.5, 0.6) is 5.75 Å². The molecule has 6 nitrogen and oxygen atoms in total. The predicted molar refractivity (Wildman–Crippen MR) is 172 cm³/mol. The van der Waals surface area contributed by atoms with Crippen LogP contribution in [0.25, 0.3) is 6.08 Å². The van der Waals surface area contributed by atoms with E-state index in [1.807, 2.05) is 105 Å². The molecule has 4 aromatic rings. The number of thioether (sulfide) groups is 1. The second-order valence-corrected chi connectivity index (χ2v) is 11.1. The summed E-state index contributed by atoms with van der Waals surface area (Å²) in [5, 5.41) is 3.54. The summed E-state index contributed by atoms with van der Waals surface area (Å²) in [6.45, 7) is 4.49. The average Bonchev–Trinajstić information content (AvgIpc) is 3.28. The van der Waals surface area contributed by atoms with Gasteiger partial charge in [0.1, 0.15) is 5.75 Å². The Hall–Kier alpha value is -4.62. The summed E-state index contributed by atoms with van der Waals surface area (Å²) in [5.74, 6) is 0.242. The van der Waals surface area contributed by atoms with Gasteiger partial charge >= 0.3 is 0 Å². The van der Waals surface area contributed by atoms with Gasteiger partial charge in [-0.3, -0.25) is 14.5 Å². The lowest BCUT2D eigenvalue weighted by atomic mass is 10.1. The number of hydrogen-bond acceptors (Lipinski definition) is 5. The summed E-state index contributed by atoms with van der Waals surface area (Å²) in [5.41, 5.74) is 5.87. The van der Waals surface area contributed by atoms with E-state index in [-0.39, 0.29) is 18.4 Å². The van der Waals surface area contributed by atoms with E-state index in [4.69, 9.17) is 9.73 Å².